The molecule has 1 saturated heterocycles. The SMILES string of the molecule is CCCC1CN(C(=O)C(Cn2ccnc2)NC(=O)Nc2c(C(C)C)cccc2C(C)C)CCC1Cc1ccccc1. The number of amides is 3. The van der Waals surface area contributed by atoms with E-state index in [4.69, 9.17) is 0 Å². The zero-order valence-corrected chi connectivity index (χ0v) is 25.3. The standard InChI is InChI=1S/C34H47N5O2/c1-6-11-28-21-39(18-16-27(28)20-26-12-8-7-9-13-26)33(40)31(22-38-19-17-35-23-38)36-34(41)37-32-29(24(2)3)14-10-15-30(32)25(4)5/h7-10,12-15,17,19,23-25,27-28,31H,6,11,16,18,20-22H2,1-5H3,(H2,36,37,41). The van der Waals surface area contributed by atoms with Gasteiger partial charge < -0.3 is 20.1 Å². The van der Waals surface area contributed by atoms with Gasteiger partial charge in [-0.1, -0.05) is 89.6 Å². The van der Waals surface area contributed by atoms with Gasteiger partial charge in [0.05, 0.1) is 12.9 Å². The van der Waals surface area contributed by atoms with Gasteiger partial charge in [0.25, 0.3) is 0 Å². The minimum atomic E-state index is -0.703. The number of anilines is 1. The number of likely N-dealkylation sites (tertiary alicyclic amines) is 1. The maximum absolute atomic E-state index is 14.0. The second-order valence-corrected chi connectivity index (χ2v) is 12.1. The highest BCUT2D eigenvalue weighted by molar-refractivity contribution is 5.95. The van der Waals surface area contributed by atoms with Gasteiger partial charge in [-0.25, -0.2) is 9.78 Å². The number of urea groups is 1. The van der Waals surface area contributed by atoms with E-state index >= 15 is 0 Å². The summed E-state index contributed by atoms with van der Waals surface area (Å²) < 4.78 is 1.86. The lowest BCUT2D eigenvalue weighted by Gasteiger charge is -2.40. The smallest absolute Gasteiger partial charge is 0.319 e. The average Bonchev–Trinajstić information content (AvgIpc) is 3.47. The first-order valence-corrected chi connectivity index (χ1v) is 15.3. The topological polar surface area (TPSA) is 79.3 Å². The van der Waals surface area contributed by atoms with Gasteiger partial charge in [-0.3, -0.25) is 4.79 Å². The van der Waals surface area contributed by atoms with E-state index in [1.807, 2.05) is 21.7 Å². The predicted molar refractivity (Wildman–Crippen MR) is 166 cm³/mol. The van der Waals surface area contributed by atoms with E-state index in [0.717, 1.165) is 49.0 Å². The van der Waals surface area contributed by atoms with Crippen LogP contribution in [0.2, 0.25) is 0 Å². The van der Waals surface area contributed by atoms with Gasteiger partial charge in [-0.05, 0) is 59.6 Å². The summed E-state index contributed by atoms with van der Waals surface area (Å²) in [4.78, 5) is 33.6. The lowest BCUT2D eigenvalue weighted by atomic mass is 9.79. The number of hydrogen-bond acceptors (Lipinski definition) is 3. The minimum absolute atomic E-state index is 0.0330. The third-order valence-corrected chi connectivity index (χ3v) is 8.37. The Morgan fingerprint density at radius 2 is 1.68 bits per heavy atom. The van der Waals surface area contributed by atoms with Crippen LogP contribution in [0.4, 0.5) is 10.5 Å². The maximum Gasteiger partial charge on any atom is 0.319 e. The van der Waals surface area contributed by atoms with E-state index in [1.54, 1.807) is 12.5 Å². The van der Waals surface area contributed by atoms with Gasteiger partial charge in [0, 0.05) is 31.2 Å². The van der Waals surface area contributed by atoms with Crippen molar-refractivity contribution in [2.75, 3.05) is 18.4 Å². The number of para-hydroxylation sites is 1. The second kappa shape index (κ2) is 14.3. The molecule has 1 fully saturated rings. The van der Waals surface area contributed by atoms with Crippen molar-refractivity contribution in [2.45, 2.75) is 84.7 Å². The molecule has 1 aliphatic rings. The Morgan fingerprint density at radius 3 is 2.29 bits per heavy atom. The molecule has 2 heterocycles. The van der Waals surface area contributed by atoms with Crippen LogP contribution < -0.4 is 10.6 Å². The Morgan fingerprint density at radius 1 is 0.976 bits per heavy atom. The normalized spacial score (nSPS) is 18.0. The number of nitrogens with one attached hydrogen (secondary N) is 2. The number of carbonyl (C=O) groups is 2. The van der Waals surface area contributed by atoms with Gasteiger partial charge in [0.1, 0.15) is 6.04 Å². The van der Waals surface area contributed by atoms with Crippen LogP contribution in [0.1, 0.15) is 82.4 Å². The monoisotopic (exact) mass is 557 g/mol. The molecule has 1 aliphatic heterocycles. The van der Waals surface area contributed by atoms with Crippen LogP contribution in [-0.4, -0.2) is 45.5 Å². The molecule has 1 aromatic heterocycles. The summed E-state index contributed by atoms with van der Waals surface area (Å²) in [5.74, 6) is 1.45. The van der Waals surface area contributed by atoms with Crippen molar-refractivity contribution >= 4 is 17.6 Å². The summed E-state index contributed by atoms with van der Waals surface area (Å²) in [6.07, 6.45) is 9.40. The van der Waals surface area contributed by atoms with Gasteiger partial charge in [0.2, 0.25) is 5.91 Å². The molecule has 7 heteroatoms. The zero-order chi connectivity index (χ0) is 29.4. The van der Waals surface area contributed by atoms with Crippen molar-refractivity contribution in [3.63, 3.8) is 0 Å². The number of piperidine rings is 1. The van der Waals surface area contributed by atoms with Crippen LogP contribution in [0.3, 0.4) is 0 Å². The predicted octanol–water partition coefficient (Wildman–Crippen LogP) is 6.83. The summed E-state index contributed by atoms with van der Waals surface area (Å²) in [5, 5.41) is 6.17. The molecule has 41 heavy (non-hydrogen) atoms. The number of benzene rings is 2. The summed E-state index contributed by atoms with van der Waals surface area (Å²) in [6, 6.07) is 15.8. The first kappa shape index (κ1) is 30.4. The number of nitrogens with zero attached hydrogens (tertiary/aromatic N) is 3. The summed E-state index contributed by atoms with van der Waals surface area (Å²) >= 11 is 0. The minimum Gasteiger partial charge on any atom is -0.341 e. The molecule has 2 N–H and O–H groups in total. The fourth-order valence-electron chi connectivity index (χ4n) is 6.18. The fourth-order valence-corrected chi connectivity index (χ4v) is 6.18. The molecule has 3 atom stereocenters. The van der Waals surface area contributed by atoms with Crippen molar-refractivity contribution in [3.8, 4) is 0 Å². The van der Waals surface area contributed by atoms with E-state index < -0.39 is 6.04 Å². The van der Waals surface area contributed by atoms with E-state index in [1.165, 1.54) is 5.56 Å². The van der Waals surface area contributed by atoms with Crippen molar-refractivity contribution in [3.05, 3.63) is 83.9 Å². The fraction of sp³-hybridized carbons (Fsp3) is 0.500. The van der Waals surface area contributed by atoms with Crippen molar-refractivity contribution in [1.82, 2.24) is 19.8 Å². The van der Waals surface area contributed by atoms with Gasteiger partial charge in [-0.2, -0.15) is 0 Å². The lowest BCUT2D eigenvalue weighted by molar-refractivity contribution is -0.136. The molecular formula is C34H47N5O2. The molecule has 2 aromatic carbocycles. The zero-order valence-electron chi connectivity index (χ0n) is 25.3. The first-order valence-electron chi connectivity index (χ1n) is 15.3. The Balaban J connectivity index is 1.51. The molecule has 0 radical (unpaired) electrons. The van der Waals surface area contributed by atoms with Gasteiger partial charge in [0.15, 0.2) is 0 Å². The summed E-state index contributed by atoms with van der Waals surface area (Å²) in [6.45, 7) is 12.5. The van der Waals surface area contributed by atoms with E-state index in [0.29, 0.717) is 24.9 Å². The summed E-state index contributed by atoms with van der Waals surface area (Å²) in [7, 11) is 0. The molecule has 4 rings (SSSR count). The molecule has 3 amide bonds. The quantitative estimate of drug-likeness (QED) is 0.271. The second-order valence-electron chi connectivity index (χ2n) is 12.1. The molecule has 0 saturated carbocycles. The highest BCUT2D eigenvalue weighted by Crippen LogP contribution is 2.33. The third-order valence-electron chi connectivity index (χ3n) is 8.37. The Kier molecular flexibility index (Phi) is 10.6. The Bertz CT molecular complexity index is 1230. The molecule has 3 aromatic rings. The van der Waals surface area contributed by atoms with E-state index in [2.05, 4.69) is 92.7 Å². The largest absolute Gasteiger partial charge is 0.341 e. The van der Waals surface area contributed by atoms with Crippen LogP contribution in [0.15, 0.2) is 67.3 Å². The van der Waals surface area contributed by atoms with Gasteiger partial charge >= 0.3 is 6.03 Å². The number of aromatic nitrogens is 2. The van der Waals surface area contributed by atoms with Crippen LogP contribution >= 0.6 is 0 Å². The molecule has 0 bridgehead atoms. The molecule has 0 aliphatic carbocycles. The van der Waals surface area contributed by atoms with Crippen LogP contribution in [-0.2, 0) is 17.8 Å². The highest BCUT2D eigenvalue weighted by atomic mass is 16.2. The third kappa shape index (κ3) is 7.99. The Labute approximate surface area is 245 Å². The van der Waals surface area contributed by atoms with E-state index in [-0.39, 0.29) is 23.8 Å². The number of rotatable bonds is 11. The van der Waals surface area contributed by atoms with Crippen molar-refractivity contribution < 1.29 is 9.59 Å². The van der Waals surface area contributed by atoms with E-state index in [9.17, 15) is 9.59 Å². The molecule has 7 nitrogen and oxygen atoms in total. The molecule has 220 valence electrons. The lowest BCUT2D eigenvalue weighted by Crippen LogP contribution is -2.54. The van der Waals surface area contributed by atoms with Crippen LogP contribution in [0.5, 0.6) is 0 Å². The molecule has 0 spiro atoms. The molecule has 3 unspecified atom stereocenters. The highest BCUT2D eigenvalue weighted by Gasteiger charge is 2.34. The molecular weight excluding hydrogens is 510 g/mol. The van der Waals surface area contributed by atoms with Crippen LogP contribution in [0, 0.1) is 11.8 Å². The number of imidazole rings is 1. The maximum atomic E-state index is 14.0. The number of carbonyl (C=O) groups excluding carboxylic acids is 2. The summed E-state index contributed by atoms with van der Waals surface area (Å²) in [5.41, 5.74) is 4.38. The number of hydrogen-bond donors (Lipinski definition) is 2. The van der Waals surface area contributed by atoms with Crippen molar-refractivity contribution in [2.24, 2.45) is 11.8 Å². The Hall–Kier alpha value is -3.61. The van der Waals surface area contributed by atoms with Crippen molar-refractivity contribution in [1.29, 1.82) is 0 Å². The van der Waals surface area contributed by atoms with Gasteiger partial charge in [-0.15, -0.1) is 0 Å². The average molecular weight is 558 g/mol. The first-order chi connectivity index (χ1) is 19.8. The van der Waals surface area contributed by atoms with Crippen LogP contribution in [0.25, 0.3) is 0 Å².